The first kappa shape index (κ1) is 14.1. The third-order valence-corrected chi connectivity index (χ3v) is 3.27. The molecule has 0 fully saturated rings. The number of benzene rings is 2. The zero-order chi connectivity index (χ0) is 12.5. The zero-order valence-electron chi connectivity index (χ0n) is 10.8. The Kier molecular flexibility index (Phi) is 4.25. The van der Waals surface area contributed by atoms with Crippen LogP contribution < -0.4 is 0 Å². The Labute approximate surface area is 134 Å². The summed E-state index contributed by atoms with van der Waals surface area (Å²) in [7, 11) is 0. The maximum atomic E-state index is 11.0. The number of rotatable bonds is 1. The molecule has 1 radical (unpaired) electrons. The monoisotopic (exact) mass is 259 g/mol. The number of hydrogen-bond donors (Lipinski definition) is 1. The van der Waals surface area contributed by atoms with E-state index in [0.29, 0.717) is 5.56 Å². The van der Waals surface area contributed by atoms with Crippen LogP contribution in [0, 0.1) is 0 Å². The first-order valence-electron chi connectivity index (χ1n) is 5.86. The number of hydrogen-bond acceptors (Lipinski definition) is 1. The number of carbonyl (C=O) groups is 1. The van der Waals surface area contributed by atoms with Crippen molar-refractivity contribution in [2.24, 2.45) is 0 Å². The maximum absolute atomic E-state index is 11.0. The normalized spacial score (nSPS) is 11.8. The van der Waals surface area contributed by atoms with Crippen molar-refractivity contribution in [3.63, 3.8) is 0 Å². The third-order valence-electron chi connectivity index (χ3n) is 3.27. The van der Waals surface area contributed by atoms with E-state index in [1.807, 2.05) is 30.4 Å². The molecule has 3 heteroatoms. The number of fused-ring (bicyclic) bond motifs is 2. The molecule has 0 unspecified atom stereocenters. The summed E-state index contributed by atoms with van der Waals surface area (Å²) in [4.78, 5) is 11.0. The molecule has 2 aromatic rings. The molecule has 0 saturated heterocycles. The standard InChI is InChI=1S/C16H12O2.Na/c17-16(18)15-8-7-13-9-12-4-2-1-3-11(12)5-6-14(13)10-15;/h1-8,10H,9H2,(H,17,18);. The van der Waals surface area contributed by atoms with E-state index in [2.05, 4.69) is 12.1 Å². The number of carboxylic acids is 1. The van der Waals surface area contributed by atoms with Gasteiger partial charge in [-0.05, 0) is 40.8 Å². The summed E-state index contributed by atoms with van der Waals surface area (Å²) in [6.45, 7) is 0. The van der Waals surface area contributed by atoms with E-state index >= 15 is 0 Å². The van der Waals surface area contributed by atoms with Crippen LogP contribution in [0.3, 0.4) is 0 Å². The van der Waals surface area contributed by atoms with E-state index in [1.165, 1.54) is 16.7 Å². The van der Waals surface area contributed by atoms with Gasteiger partial charge in [-0.2, -0.15) is 0 Å². The van der Waals surface area contributed by atoms with Crippen molar-refractivity contribution in [2.75, 3.05) is 0 Å². The molecule has 1 aliphatic carbocycles. The quantitative estimate of drug-likeness (QED) is 0.682. The van der Waals surface area contributed by atoms with Crippen molar-refractivity contribution in [3.8, 4) is 0 Å². The van der Waals surface area contributed by atoms with Crippen molar-refractivity contribution < 1.29 is 9.90 Å². The van der Waals surface area contributed by atoms with Gasteiger partial charge in [0.2, 0.25) is 0 Å². The Bertz CT molecular complexity index is 660. The van der Waals surface area contributed by atoms with Crippen molar-refractivity contribution in [1.82, 2.24) is 0 Å². The molecule has 0 heterocycles. The minimum Gasteiger partial charge on any atom is -0.478 e. The summed E-state index contributed by atoms with van der Waals surface area (Å²) >= 11 is 0. The van der Waals surface area contributed by atoms with Gasteiger partial charge in [-0.3, -0.25) is 0 Å². The van der Waals surface area contributed by atoms with Gasteiger partial charge in [-0.15, -0.1) is 0 Å². The summed E-state index contributed by atoms with van der Waals surface area (Å²) in [5.74, 6) is -0.882. The molecule has 2 nitrogen and oxygen atoms in total. The average molecular weight is 259 g/mol. The second-order valence-corrected chi connectivity index (χ2v) is 4.43. The Balaban J connectivity index is 0.00000133. The Morgan fingerprint density at radius 2 is 1.63 bits per heavy atom. The molecule has 0 aliphatic heterocycles. The molecule has 1 N–H and O–H groups in total. The van der Waals surface area contributed by atoms with Crippen LogP contribution in [0.15, 0.2) is 42.5 Å². The fourth-order valence-electron chi connectivity index (χ4n) is 2.29. The van der Waals surface area contributed by atoms with Crippen LogP contribution in [-0.2, 0) is 6.42 Å². The van der Waals surface area contributed by atoms with Gasteiger partial charge in [-0.1, -0.05) is 42.5 Å². The van der Waals surface area contributed by atoms with Crippen LogP contribution in [0.5, 0.6) is 0 Å². The third kappa shape index (κ3) is 2.81. The van der Waals surface area contributed by atoms with E-state index < -0.39 is 5.97 Å². The predicted molar refractivity (Wildman–Crippen MR) is 77.3 cm³/mol. The Hall–Kier alpha value is -1.35. The molecule has 1 aliphatic rings. The van der Waals surface area contributed by atoms with Crippen molar-refractivity contribution in [1.29, 1.82) is 0 Å². The fourth-order valence-corrected chi connectivity index (χ4v) is 2.29. The average Bonchev–Trinajstić information content (AvgIpc) is 2.56. The van der Waals surface area contributed by atoms with Gasteiger partial charge in [-0.25, -0.2) is 4.79 Å². The van der Waals surface area contributed by atoms with E-state index in [0.717, 1.165) is 12.0 Å². The van der Waals surface area contributed by atoms with Crippen LogP contribution >= 0.6 is 0 Å². The molecular formula is C16H12NaO2. The Morgan fingerprint density at radius 3 is 2.42 bits per heavy atom. The molecule has 0 atom stereocenters. The molecule has 0 aromatic heterocycles. The topological polar surface area (TPSA) is 37.3 Å². The minimum atomic E-state index is -0.882. The van der Waals surface area contributed by atoms with Gasteiger partial charge < -0.3 is 5.11 Å². The van der Waals surface area contributed by atoms with Gasteiger partial charge in [0, 0.05) is 29.6 Å². The SMILES string of the molecule is O=C(O)c1ccc2c(c1)C=Cc1ccccc1C2.[Na]. The summed E-state index contributed by atoms with van der Waals surface area (Å²) in [6, 6.07) is 13.6. The molecule has 19 heavy (non-hydrogen) atoms. The first-order valence-corrected chi connectivity index (χ1v) is 5.86. The largest absolute Gasteiger partial charge is 0.478 e. The van der Waals surface area contributed by atoms with Gasteiger partial charge in [0.05, 0.1) is 5.56 Å². The van der Waals surface area contributed by atoms with E-state index in [4.69, 9.17) is 5.11 Å². The van der Waals surface area contributed by atoms with Gasteiger partial charge in [0.15, 0.2) is 0 Å². The van der Waals surface area contributed by atoms with Gasteiger partial charge in [0.25, 0.3) is 0 Å². The molecule has 2 aromatic carbocycles. The molecular weight excluding hydrogens is 247 g/mol. The zero-order valence-corrected chi connectivity index (χ0v) is 12.8. The summed E-state index contributed by atoms with van der Waals surface area (Å²) in [6.07, 6.45) is 4.89. The van der Waals surface area contributed by atoms with Crippen LogP contribution in [0.1, 0.15) is 32.6 Å². The Morgan fingerprint density at radius 1 is 0.947 bits per heavy atom. The molecule has 0 amide bonds. The second kappa shape index (κ2) is 5.74. The van der Waals surface area contributed by atoms with Gasteiger partial charge in [0.1, 0.15) is 0 Å². The van der Waals surface area contributed by atoms with Crippen molar-refractivity contribution >= 4 is 47.7 Å². The fraction of sp³-hybridized carbons (Fsp3) is 0.0625. The maximum Gasteiger partial charge on any atom is 0.335 e. The molecule has 3 rings (SSSR count). The van der Waals surface area contributed by atoms with Crippen molar-refractivity contribution in [2.45, 2.75) is 6.42 Å². The van der Waals surface area contributed by atoms with Crippen LogP contribution in [0.25, 0.3) is 12.2 Å². The molecule has 0 bridgehead atoms. The molecule has 89 valence electrons. The van der Waals surface area contributed by atoms with Crippen LogP contribution in [0.4, 0.5) is 0 Å². The minimum absolute atomic E-state index is 0. The summed E-state index contributed by atoms with van der Waals surface area (Å²) in [5, 5.41) is 9.01. The van der Waals surface area contributed by atoms with E-state index in [9.17, 15) is 4.79 Å². The molecule has 0 spiro atoms. The first-order chi connectivity index (χ1) is 8.74. The van der Waals surface area contributed by atoms with Crippen molar-refractivity contribution in [3.05, 3.63) is 70.3 Å². The van der Waals surface area contributed by atoms with Gasteiger partial charge >= 0.3 is 5.97 Å². The van der Waals surface area contributed by atoms with E-state index in [1.54, 1.807) is 12.1 Å². The van der Waals surface area contributed by atoms with E-state index in [-0.39, 0.29) is 29.6 Å². The predicted octanol–water partition coefficient (Wildman–Crippen LogP) is 3.08. The van der Waals surface area contributed by atoms with Crippen LogP contribution in [-0.4, -0.2) is 40.6 Å². The second-order valence-electron chi connectivity index (χ2n) is 4.43. The summed E-state index contributed by atoms with van der Waals surface area (Å²) in [5.41, 5.74) is 4.97. The number of carboxylic acid groups (broad SMARTS) is 1. The van der Waals surface area contributed by atoms with Crippen LogP contribution in [0.2, 0.25) is 0 Å². The number of aromatic carboxylic acids is 1. The molecule has 0 saturated carbocycles. The summed E-state index contributed by atoms with van der Waals surface area (Å²) < 4.78 is 0. The smallest absolute Gasteiger partial charge is 0.335 e.